The molecule has 0 unspecified atom stereocenters. The van der Waals surface area contributed by atoms with Crippen LogP contribution in [0.5, 0.6) is 5.75 Å². The highest BCUT2D eigenvalue weighted by molar-refractivity contribution is 5.82. The number of hydrogen-bond donors (Lipinski definition) is 0. The zero-order valence-electron chi connectivity index (χ0n) is 12.1. The van der Waals surface area contributed by atoms with E-state index in [1.807, 2.05) is 0 Å². The molecule has 6 heteroatoms. The smallest absolute Gasteiger partial charge is 0.267 e. The zero-order valence-corrected chi connectivity index (χ0v) is 12.1. The lowest BCUT2D eigenvalue weighted by Crippen LogP contribution is -2.23. The first kappa shape index (κ1) is 13.9. The van der Waals surface area contributed by atoms with Crippen LogP contribution in [-0.2, 0) is 0 Å². The van der Waals surface area contributed by atoms with E-state index in [0.29, 0.717) is 40.1 Å². The Labute approximate surface area is 126 Å². The van der Waals surface area contributed by atoms with Crippen molar-refractivity contribution in [2.75, 3.05) is 7.11 Å². The van der Waals surface area contributed by atoms with Crippen LogP contribution in [0.4, 0.5) is 0 Å². The molecule has 0 bridgehead atoms. The highest BCUT2D eigenvalue weighted by Crippen LogP contribution is 2.20. The maximum Gasteiger partial charge on any atom is 0.267 e. The van der Waals surface area contributed by atoms with Crippen molar-refractivity contribution in [2.45, 2.75) is 6.92 Å². The quantitative estimate of drug-likeness (QED) is 0.690. The van der Waals surface area contributed by atoms with Gasteiger partial charge in [0.2, 0.25) is 0 Å². The molecule has 0 aliphatic rings. The highest BCUT2D eigenvalue weighted by atomic mass is 16.5. The van der Waals surface area contributed by atoms with Gasteiger partial charge in [-0.3, -0.25) is 14.2 Å². The zero-order chi connectivity index (χ0) is 15.7. The standard InChI is InChI=1S/C16H13N3O3/c1-10-18-15-13(4-3-7-17-15)16(21)19(10)14-6-5-12(22-2)8-11(14)9-20/h3-9H,1-2H3. The molecule has 0 aliphatic carbocycles. The first-order valence-electron chi connectivity index (χ1n) is 6.63. The minimum Gasteiger partial charge on any atom is -0.497 e. The van der Waals surface area contributed by atoms with E-state index >= 15 is 0 Å². The summed E-state index contributed by atoms with van der Waals surface area (Å²) in [5.41, 5.74) is 0.956. The van der Waals surface area contributed by atoms with Crippen LogP contribution >= 0.6 is 0 Å². The van der Waals surface area contributed by atoms with Gasteiger partial charge in [-0.1, -0.05) is 0 Å². The van der Waals surface area contributed by atoms with Crippen molar-refractivity contribution in [3.05, 3.63) is 58.3 Å². The fourth-order valence-corrected chi connectivity index (χ4v) is 2.36. The molecule has 0 saturated carbocycles. The van der Waals surface area contributed by atoms with Gasteiger partial charge >= 0.3 is 0 Å². The second-order valence-corrected chi connectivity index (χ2v) is 4.72. The van der Waals surface area contributed by atoms with Crippen LogP contribution < -0.4 is 10.3 Å². The number of aryl methyl sites for hydroxylation is 1. The van der Waals surface area contributed by atoms with Crippen LogP contribution in [0.2, 0.25) is 0 Å². The Balaban J connectivity index is 2.35. The van der Waals surface area contributed by atoms with Crippen LogP contribution in [0.25, 0.3) is 16.7 Å². The van der Waals surface area contributed by atoms with Crippen molar-refractivity contribution in [2.24, 2.45) is 0 Å². The summed E-state index contributed by atoms with van der Waals surface area (Å²) in [7, 11) is 1.52. The summed E-state index contributed by atoms with van der Waals surface area (Å²) >= 11 is 0. The van der Waals surface area contributed by atoms with Crippen molar-refractivity contribution in [3.8, 4) is 11.4 Å². The molecule has 3 aromatic rings. The Kier molecular flexibility index (Phi) is 3.42. The average Bonchev–Trinajstić information content (AvgIpc) is 2.55. The van der Waals surface area contributed by atoms with Gasteiger partial charge in [0, 0.05) is 11.8 Å². The molecule has 0 N–H and O–H groups in total. The van der Waals surface area contributed by atoms with E-state index in [1.165, 1.54) is 11.7 Å². The normalized spacial score (nSPS) is 10.6. The Morgan fingerprint density at radius 3 is 2.82 bits per heavy atom. The van der Waals surface area contributed by atoms with Crippen molar-refractivity contribution in [3.63, 3.8) is 0 Å². The Hall–Kier alpha value is -3.02. The maximum atomic E-state index is 12.7. The van der Waals surface area contributed by atoms with Crippen molar-refractivity contribution < 1.29 is 9.53 Å². The van der Waals surface area contributed by atoms with E-state index in [-0.39, 0.29) is 5.56 Å². The lowest BCUT2D eigenvalue weighted by atomic mass is 10.1. The van der Waals surface area contributed by atoms with Crippen LogP contribution in [0.15, 0.2) is 41.3 Å². The van der Waals surface area contributed by atoms with Gasteiger partial charge in [0.05, 0.1) is 18.2 Å². The molecule has 22 heavy (non-hydrogen) atoms. The van der Waals surface area contributed by atoms with E-state index in [9.17, 15) is 9.59 Å². The Bertz CT molecular complexity index is 932. The predicted octanol–water partition coefficient (Wildman–Crippen LogP) is 1.91. The van der Waals surface area contributed by atoms with E-state index in [4.69, 9.17) is 4.74 Å². The van der Waals surface area contributed by atoms with Gasteiger partial charge in [-0.25, -0.2) is 9.97 Å². The lowest BCUT2D eigenvalue weighted by Gasteiger charge is -2.13. The van der Waals surface area contributed by atoms with E-state index in [0.717, 1.165) is 0 Å². The molecular weight excluding hydrogens is 282 g/mol. The second-order valence-electron chi connectivity index (χ2n) is 4.72. The number of aromatic nitrogens is 3. The van der Waals surface area contributed by atoms with Crippen molar-refractivity contribution in [1.82, 2.24) is 14.5 Å². The van der Waals surface area contributed by atoms with E-state index in [2.05, 4.69) is 9.97 Å². The fourth-order valence-electron chi connectivity index (χ4n) is 2.36. The lowest BCUT2D eigenvalue weighted by molar-refractivity contribution is 0.112. The maximum absolute atomic E-state index is 12.7. The third-order valence-electron chi connectivity index (χ3n) is 3.41. The number of methoxy groups -OCH3 is 1. The SMILES string of the molecule is COc1ccc(-n2c(C)nc3ncccc3c2=O)c(C=O)c1. The van der Waals surface area contributed by atoms with Gasteiger partial charge in [-0.2, -0.15) is 0 Å². The number of rotatable bonds is 3. The number of fused-ring (bicyclic) bond motifs is 1. The Morgan fingerprint density at radius 2 is 2.09 bits per heavy atom. The largest absolute Gasteiger partial charge is 0.497 e. The van der Waals surface area contributed by atoms with Crippen molar-refractivity contribution in [1.29, 1.82) is 0 Å². The molecule has 6 nitrogen and oxygen atoms in total. The molecule has 0 saturated heterocycles. The Morgan fingerprint density at radius 1 is 1.27 bits per heavy atom. The number of aldehydes is 1. The number of carbonyl (C=O) groups is 1. The third-order valence-corrected chi connectivity index (χ3v) is 3.41. The summed E-state index contributed by atoms with van der Waals surface area (Å²) < 4.78 is 6.52. The number of benzene rings is 1. The molecule has 110 valence electrons. The molecule has 0 aliphatic heterocycles. The number of ether oxygens (including phenoxy) is 1. The van der Waals surface area contributed by atoms with Crippen LogP contribution in [0.1, 0.15) is 16.2 Å². The van der Waals surface area contributed by atoms with Crippen LogP contribution in [-0.4, -0.2) is 27.9 Å². The minimum atomic E-state index is -0.260. The van der Waals surface area contributed by atoms with E-state index in [1.54, 1.807) is 43.5 Å². The summed E-state index contributed by atoms with van der Waals surface area (Å²) in [4.78, 5) is 32.5. The van der Waals surface area contributed by atoms with Crippen LogP contribution in [0.3, 0.4) is 0 Å². The molecule has 0 amide bonds. The van der Waals surface area contributed by atoms with Gasteiger partial charge in [-0.15, -0.1) is 0 Å². The molecule has 1 aromatic carbocycles. The minimum absolute atomic E-state index is 0.260. The van der Waals surface area contributed by atoms with Gasteiger partial charge in [0.1, 0.15) is 11.6 Å². The summed E-state index contributed by atoms with van der Waals surface area (Å²) in [6.07, 6.45) is 2.28. The predicted molar refractivity (Wildman–Crippen MR) is 81.8 cm³/mol. The molecule has 0 spiro atoms. The number of pyridine rings is 1. The first-order chi connectivity index (χ1) is 10.7. The fraction of sp³-hybridized carbons (Fsp3) is 0.125. The molecule has 0 atom stereocenters. The summed E-state index contributed by atoms with van der Waals surface area (Å²) in [5, 5.41) is 0.403. The molecular formula is C16H13N3O3. The summed E-state index contributed by atoms with van der Waals surface area (Å²) in [5.74, 6) is 1.01. The molecule has 2 aromatic heterocycles. The molecule has 2 heterocycles. The van der Waals surface area contributed by atoms with Gasteiger partial charge in [0.15, 0.2) is 11.9 Å². The average molecular weight is 295 g/mol. The first-order valence-corrected chi connectivity index (χ1v) is 6.63. The van der Waals surface area contributed by atoms with Gasteiger partial charge in [-0.05, 0) is 37.3 Å². The third kappa shape index (κ3) is 2.14. The van der Waals surface area contributed by atoms with Crippen LogP contribution in [0, 0.1) is 6.92 Å². The summed E-state index contributed by atoms with van der Waals surface area (Å²) in [6, 6.07) is 8.29. The van der Waals surface area contributed by atoms with Gasteiger partial charge in [0.25, 0.3) is 5.56 Å². The monoisotopic (exact) mass is 295 g/mol. The van der Waals surface area contributed by atoms with Crippen molar-refractivity contribution >= 4 is 17.3 Å². The molecule has 0 fully saturated rings. The number of nitrogens with zero attached hydrogens (tertiary/aromatic N) is 3. The highest BCUT2D eigenvalue weighted by Gasteiger charge is 2.13. The number of hydrogen-bond acceptors (Lipinski definition) is 5. The molecule has 3 rings (SSSR count). The van der Waals surface area contributed by atoms with Gasteiger partial charge < -0.3 is 4.74 Å². The summed E-state index contributed by atoms with van der Waals surface area (Å²) in [6.45, 7) is 1.70. The molecule has 0 radical (unpaired) electrons. The van der Waals surface area contributed by atoms with E-state index < -0.39 is 0 Å². The topological polar surface area (TPSA) is 74.1 Å². The number of carbonyl (C=O) groups excluding carboxylic acids is 1. The second kappa shape index (κ2) is 5.40.